The second kappa shape index (κ2) is 6.98. The lowest BCUT2D eigenvalue weighted by atomic mass is 10.0. The van der Waals surface area contributed by atoms with Crippen LogP contribution < -0.4 is 5.73 Å². The fourth-order valence-corrected chi connectivity index (χ4v) is 2.82. The van der Waals surface area contributed by atoms with Crippen LogP contribution in [0.25, 0.3) is 0 Å². The summed E-state index contributed by atoms with van der Waals surface area (Å²) in [6.07, 6.45) is 6.50. The molecule has 1 aromatic rings. The van der Waals surface area contributed by atoms with Gasteiger partial charge in [0, 0.05) is 38.1 Å². The Labute approximate surface area is 116 Å². The average molecular weight is 263 g/mol. The minimum atomic E-state index is 0.239. The van der Waals surface area contributed by atoms with E-state index in [0.717, 1.165) is 19.7 Å². The van der Waals surface area contributed by atoms with Crippen molar-refractivity contribution in [2.24, 2.45) is 5.73 Å². The van der Waals surface area contributed by atoms with Gasteiger partial charge >= 0.3 is 0 Å². The molecule has 0 amide bonds. The van der Waals surface area contributed by atoms with Gasteiger partial charge in [-0.3, -0.25) is 9.88 Å². The van der Waals surface area contributed by atoms with Crippen LogP contribution in [0.5, 0.6) is 0 Å². The highest BCUT2D eigenvalue weighted by molar-refractivity contribution is 5.25. The molecule has 1 aromatic heterocycles. The summed E-state index contributed by atoms with van der Waals surface area (Å²) in [6.45, 7) is 7.78. The van der Waals surface area contributed by atoms with Crippen LogP contribution in [0.15, 0.2) is 18.5 Å². The fourth-order valence-electron chi connectivity index (χ4n) is 2.82. The number of pyridine rings is 1. The van der Waals surface area contributed by atoms with Crippen LogP contribution in [0.4, 0.5) is 0 Å². The monoisotopic (exact) mass is 263 g/mol. The number of rotatable bonds is 6. The molecular formula is C15H25N3O. The number of nitrogens with two attached hydrogens (primary N) is 1. The van der Waals surface area contributed by atoms with E-state index in [1.807, 2.05) is 12.4 Å². The van der Waals surface area contributed by atoms with Gasteiger partial charge in [-0.25, -0.2) is 0 Å². The summed E-state index contributed by atoms with van der Waals surface area (Å²) in [7, 11) is 0. The van der Waals surface area contributed by atoms with E-state index in [2.05, 4.69) is 29.8 Å². The number of aromatic nitrogens is 1. The molecule has 2 N–H and O–H groups in total. The molecule has 0 aromatic carbocycles. The first-order valence-electron chi connectivity index (χ1n) is 7.22. The zero-order valence-electron chi connectivity index (χ0n) is 12.0. The van der Waals surface area contributed by atoms with Crippen molar-refractivity contribution >= 4 is 0 Å². The van der Waals surface area contributed by atoms with Crippen LogP contribution in [0, 0.1) is 6.92 Å². The summed E-state index contributed by atoms with van der Waals surface area (Å²) in [6, 6.07) is 2.29. The number of hydrogen-bond acceptors (Lipinski definition) is 4. The number of ether oxygens (including phenoxy) is 1. The number of likely N-dealkylation sites (N-methyl/N-ethyl adjacent to an activating group) is 1. The quantitative estimate of drug-likeness (QED) is 0.851. The Hall–Kier alpha value is -0.970. The molecule has 4 nitrogen and oxygen atoms in total. The minimum absolute atomic E-state index is 0.239. The highest BCUT2D eigenvalue weighted by Crippen LogP contribution is 2.24. The van der Waals surface area contributed by atoms with Gasteiger partial charge in [0.1, 0.15) is 0 Å². The SMILES string of the molecule is CCN(CC1CCCO1)C(CN)c1cnccc1C. The molecule has 0 radical (unpaired) electrons. The Kier molecular flexibility index (Phi) is 5.31. The van der Waals surface area contributed by atoms with Crippen LogP contribution in [0.2, 0.25) is 0 Å². The Morgan fingerprint density at radius 2 is 2.42 bits per heavy atom. The summed E-state index contributed by atoms with van der Waals surface area (Å²) in [5, 5.41) is 0. The molecule has 1 aliphatic rings. The predicted octanol–water partition coefficient (Wildman–Crippen LogP) is 1.89. The topological polar surface area (TPSA) is 51.4 Å². The lowest BCUT2D eigenvalue weighted by molar-refractivity contribution is 0.0600. The van der Waals surface area contributed by atoms with Crippen molar-refractivity contribution in [1.29, 1.82) is 0 Å². The van der Waals surface area contributed by atoms with E-state index in [1.165, 1.54) is 24.0 Å². The molecular weight excluding hydrogens is 238 g/mol. The van der Waals surface area contributed by atoms with Crippen LogP contribution in [-0.2, 0) is 4.74 Å². The van der Waals surface area contributed by atoms with Crippen molar-refractivity contribution in [1.82, 2.24) is 9.88 Å². The van der Waals surface area contributed by atoms with Gasteiger partial charge in [0.05, 0.1) is 6.10 Å². The lowest BCUT2D eigenvalue weighted by Gasteiger charge is -2.32. The second-order valence-electron chi connectivity index (χ2n) is 5.21. The molecule has 0 spiro atoms. The van der Waals surface area contributed by atoms with Crippen molar-refractivity contribution < 1.29 is 4.74 Å². The molecule has 106 valence electrons. The molecule has 0 bridgehead atoms. The Balaban J connectivity index is 2.11. The maximum atomic E-state index is 6.01. The number of aryl methyl sites for hydroxylation is 1. The van der Waals surface area contributed by atoms with E-state index < -0.39 is 0 Å². The standard InChI is InChI=1S/C15H25N3O/c1-3-18(11-13-5-4-8-19-13)15(9-16)14-10-17-7-6-12(14)2/h6-7,10,13,15H,3-5,8-9,11,16H2,1-2H3. The minimum Gasteiger partial charge on any atom is -0.377 e. The zero-order chi connectivity index (χ0) is 13.7. The molecule has 0 aliphatic carbocycles. The number of hydrogen-bond donors (Lipinski definition) is 1. The van der Waals surface area contributed by atoms with Crippen molar-refractivity contribution in [3.8, 4) is 0 Å². The molecule has 1 aliphatic heterocycles. The highest BCUT2D eigenvalue weighted by atomic mass is 16.5. The maximum absolute atomic E-state index is 6.01. The second-order valence-corrected chi connectivity index (χ2v) is 5.21. The van der Waals surface area contributed by atoms with Crippen molar-refractivity contribution in [3.05, 3.63) is 29.6 Å². The summed E-state index contributed by atoms with van der Waals surface area (Å²) >= 11 is 0. The van der Waals surface area contributed by atoms with Gasteiger partial charge < -0.3 is 10.5 Å². The van der Waals surface area contributed by atoms with Crippen LogP contribution in [0.1, 0.15) is 36.9 Å². The Morgan fingerprint density at radius 3 is 3.00 bits per heavy atom. The average Bonchev–Trinajstić information content (AvgIpc) is 2.93. The molecule has 2 rings (SSSR count). The first-order valence-corrected chi connectivity index (χ1v) is 7.22. The van der Waals surface area contributed by atoms with Gasteiger partial charge in [0.15, 0.2) is 0 Å². The van der Waals surface area contributed by atoms with Gasteiger partial charge in [-0.15, -0.1) is 0 Å². The molecule has 2 unspecified atom stereocenters. The third kappa shape index (κ3) is 3.53. The first-order chi connectivity index (χ1) is 9.26. The highest BCUT2D eigenvalue weighted by Gasteiger charge is 2.24. The molecule has 1 saturated heterocycles. The zero-order valence-corrected chi connectivity index (χ0v) is 12.0. The summed E-state index contributed by atoms with van der Waals surface area (Å²) < 4.78 is 5.75. The predicted molar refractivity (Wildman–Crippen MR) is 77.0 cm³/mol. The summed E-state index contributed by atoms with van der Waals surface area (Å²) in [5.74, 6) is 0. The third-order valence-corrected chi connectivity index (χ3v) is 3.97. The van der Waals surface area contributed by atoms with E-state index in [9.17, 15) is 0 Å². The molecule has 1 fully saturated rings. The van der Waals surface area contributed by atoms with Gasteiger partial charge in [-0.05, 0) is 43.5 Å². The van der Waals surface area contributed by atoms with Crippen LogP contribution >= 0.6 is 0 Å². The van der Waals surface area contributed by atoms with Crippen LogP contribution in [-0.4, -0.2) is 42.2 Å². The molecule has 2 heterocycles. The Bertz CT molecular complexity index is 391. The van der Waals surface area contributed by atoms with Gasteiger partial charge in [0.2, 0.25) is 0 Å². The van der Waals surface area contributed by atoms with Crippen LogP contribution in [0.3, 0.4) is 0 Å². The fraction of sp³-hybridized carbons (Fsp3) is 0.667. The maximum Gasteiger partial charge on any atom is 0.0703 e. The molecule has 4 heteroatoms. The number of nitrogens with zero attached hydrogens (tertiary/aromatic N) is 2. The smallest absolute Gasteiger partial charge is 0.0703 e. The molecule has 2 atom stereocenters. The lowest BCUT2D eigenvalue weighted by Crippen LogP contribution is -2.39. The van der Waals surface area contributed by atoms with Crippen molar-refractivity contribution in [3.63, 3.8) is 0 Å². The third-order valence-electron chi connectivity index (χ3n) is 3.97. The van der Waals surface area contributed by atoms with E-state index in [-0.39, 0.29) is 6.04 Å². The van der Waals surface area contributed by atoms with E-state index >= 15 is 0 Å². The van der Waals surface area contributed by atoms with Gasteiger partial charge in [0.25, 0.3) is 0 Å². The Morgan fingerprint density at radius 1 is 1.58 bits per heavy atom. The normalized spacial score (nSPS) is 20.9. The largest absolute Gasteiger partial charge is 0.377 e. The van der Waals surface area contributed by atoms with E-state index in [1.54, 1.807) is 0 Å². The van der Waals surface area contributed by atoms with Crippen molar-refractivity contribution in [2.75, 3.05) is 26.2 Å². The first kappa shape index (κ1) is 14.4. The molecule has 19 heavy (non-hydrogen) atoms. The summed E-state index contributed by atoms with van der Waals surface area (Å²) in [4.78, 5) is 6.67. The van der Waals surface area contributed by atoms with E-state index in [0.29, 0.717) is 12.6 Å². The molecule has 0 saturated carbocycles. The van der Waals surface area contributed by atoms with Gasteiger partial charge in [-0.2, -0.15) is 0 Å². The van der Waals surface area contributed by atoms with E-state index in [4.69, 9.17) is 10.5 Å². The van der Waals surface area contributed by atoms with Crippen molar-refractivity contribution in [2.45, 2.75) is 38.8 Å². The summed E-state index contributed by atoms with van der Waals surface area (Å²) in [5.41, 5.74) is 8.52. The van der Waals surface area contributed by atoms with Gasteiger partial charge in [-0.1, -0.05) is 6.92 Å².